The first-order valence-electron chi connectivity index (χ1n) is 5.87. The normalized spacial score (nSPS) is 24.2. The Bertz CT molecular complexity index is 403. The molecule has 0 saturated carbocycles. The average molecular weight is 216 g/mol. The van der Waals surface area contributed by atoms with Gasteiger partial charge in [-0.15, -0.1) is 0 Å². The van der Waals surface area contributed by atoms with Gasteiger partial charge in [0.05, 0.1) is 0 Å². The zero-order chi connectivity index (χ0) is 11.4. The first-order chi connectivity index (χ1) is 7.73. The quantitative estimate of drug-likeness (QED) is 0.696. The van der Waals surface area contributed by atoms with Crippen LogP contribution in [0, 0.1) is 0 Å². The van der Waals surface area contributed by atoms with Crippen molar-refractivity contribution in [2.24, 2.45) is 0 Å². The third-order valence-electron chi connectivity index (χ3n) is 3.00. The number of hydrogen-bond donors (Lipinski definition) is 0. The zero-order valence-electron chi connectivity index (χ0n) is 9.62. The highest BCUT2D eigenvalue weighted by Crippen LogP contribution is 2.32. The van der Waals surface area contributed by atoms with E-state index in [9.17, 15) is 4.39 Å². The fraction of sp³-hybridized carbons (Fsp3) is 0.333. The second-order valence-corrected chi connectivity index (χ2v) is 4.35. The van der Waals surface area contributed by atoms with Crippen LogP contribution in [0.5, 0.6) is 0 Å². The summed E-state index contributed by atoms with van der Waals surface area (Å²) in [7, 11) is 0. The lowest BCUT2D eigenvalue weighted by molar-refractivity contribution is 0.214. The molecule has 2 rings (SSSR count). The van der Waals surface area contributed by atoms with Gasteiger partial charge in [-0.3, -0.25) is 0 Å². The summed E-state index contributed by atoms with van der Waals surface area (Å²) in [6, 6.07) is 10.1. The number of allylic oxidation sites excluding steroid dienone is 4. The highest BCUT2D eigenvalue weighted by molar-refractivity contribution is 5.75. The highest BCUT2D eigenvalue weighted by Gasteiger charge is 2.26. The second kappa shape index (κ2) is 4.65. The number of halogens is 1. The van der Waals surface area contributed by atoms with Gasteiger partial charge in [0.2, 0.25) is 0 Å². The molecule has 1 heteroatoms. The van der Waals surface area contributed by atoms with Crippen LogP contribution in [0.4, 0.5) is 4.39 Å². The third kappa shape index (κ3) is 2.41. The molecule has 0 heterocycles. The van der Waals surface area contributed by atoms with Crippen LogP contribution in [-0.2, 0) is 0 Å². The number of rotatable bonds is 3. The van der Waals surface area contributed by atoms with Crippen LogP contribution in [0.25, 0.3) is 5.57 Å². The van der Waals surface area contributed by atoms with Crippen molar-refractivity contribution >= 4 is 5.57 Å². The first-order valence-corrected chi connectivity index (χ1v) is 5.87. The standard InChI is InChI=1S/C15H17F/c1-2-10-15(16)11-8-14(9-12-15)13-6-4-3-5-7-13/h3-9,11H,2,10,12H2,1H3. The van der Waals surface area contributed by atoms with Gasteiger partial charge in [-0.1, -0.05) is 55.8 Å². The van der Waals surface area contributed by atoms with Crippen molar-refractivity contribution in [2.75, 3.05) is 0 Å². The Morgan fingerprint density at radius 3 is 2.56 bits per heavy atom. The van der Waals surface area contributed by atoms with Crippen molar-refractivity contribution in [3.05, 3.63) is 54.1 Å². The van der Waals surface area contributed by atoms with E-state index in [-0.39, 0.29) is 0 Å². The Labute approximate surface area is 96.5 Å². The number of hydrogen-bond acceptors (Lipinski definition) is 0. The highest BCUT2D eigenvalue weighted by atomic mass is 19.1. The lowest BCUT2D eigenvalue weighted by atomic mass is 9.88. The van der Waals surface area contributed by atoms with Gasteiger partial charge in [-0.25, -0.2) is 4.39 Å². The molecule has 0 spiro atoms. The third-order valence-corrected chi connectivity index (χ3v) is 3.00. The van der Waals surface area contributed by atoms with Gasteiger partial charge in [0, 0.05) is 6.42 Å². The summed E-state index contributed by atoms with van der Waals surface area (Å²) in [4.78, 5) is 0. The molecule has 16 heavy (non-hydrogen) atoms. The van der Waals surface area contributed by atoms with Crippen molar-refractivity contribution in [1.82, 2.24) is 0 Å². The molecule has 0 nitrogen and oxygen atoms in total. The molecule has 0 N–H and O–H groups in total. The molecular weight excluding hydrogens is 199 g/mol. The van der Waals surface area contributed by atoms with E-state index >= 15 is 0 Å². The molecule has 0 fully saturated rings. The fourth-order valence-corrected chi connectivity index (χ4v) is 2.10. The molecule has 1 aliphatic rings. The topological polar surface area (TPSA) is 0 Å². The van der Waals surface area contributed by atoms with Gasteiger partial charge in [-0.2, -0.15) is 0 Å². The predicted molar refractivity (Wildman–Crippen MR) is 66.9 cm³/mol. The van der Waals surface area contributed by atoms with Gasteiger partial charge < -0.3 is 0 Å². The molecule has 0 aliphatic heterocycles. The summed E-state index contributed by atoms with van der Waals surface area (Å²) in [5, 5.41) is 0. The predicted octanol–water partition coefficient (Wildman–Crippen LogP) is 4.54. The Balaban J connectivity index is 2.14. The molecule has 84 valence electrons. The maximum absolute atomic E-state index is 14.1. The number of benzene rings is 1. The zero-order valence-corrected chi connectivity index (χ0v) is 9.62. The van der Waals surface area contributed by atoms with Crippen LogP contribution in [0.2, 0.25) is 0 Å². The molecule has 1 atom stereocenters. The van der Waals surface area contributed by atoms with Crippen LogP contribution in [0.3, 0.4) is 0 Å². The van der Waals surface area contributed by atoms with Crippen molar-refractivity contribution < 1.29 is 4.39 Å². The average Bonchev–Trinajstić information content (AvgIpc) is 2.31. The summed E-state index contributed by atoms with van der Waals surface area (Å²) >= 11 is 0. The van der Waals surface area contributed by atoms with Crippen molar-refractivity contribution in [3.63, 3.8) is 0 Å². The van der Waals surface area contributed by atoms with E-state index in [4.69, 9.17) is 0 Å². The van der Waals surface area contributed by atoms with E-state index in [1.807, 2.05) is 37.3 Å². The Kier molecular flexibility index (Phi) is 3.23. The van der Waals surface area contributed by atoms with Crippen molar-refractivity contribution in [3.8, 4) is 0 Å². The Morgan fingerprint density at radius 1 is 1.25 bits per heavy atom. The summed E-state index contributed by atoms with van der Waals surface area (Å²) in [6.07, 6.45) is 7.64. The Morgan fingerprint density at radius 2 is 2.00 bits per heavy atom. The van der Waals surface area contributed by atoms with E-state index in [1.165, 1.54) is 0 Å². The van der Waals surface area contributed by atoms with Gasteiger partial charge in [-0.05, 0) is 23.6 Å². The number of alkyl halides is 1. The van der Waals surface area contributed by atoms with Crippen LogP contribution in [0.15, 0.2) is 48.6 Å². The Hall–Kier alpha value is -1.37. The molecule has 0 radical (unpaired) electrons. The molecular formula is C15H17F. The SMILES string of the molecule is CCCC1(F)C=CC(c2ccccc2)=CC1. The summed E-state index contributed by atoms with van der Waals surface area (Å²) in [6.45, 7) is 2.02. The van der Waals surface area contributed by atoms with Crippen LogP contribution in [-0.4, -0.2) is 5.67 Å². The molecule has 0 saturated heterocycles. The van der Waals surface area contributed by atoms with Gasteiger partial charge in [0.25, 0.3) is 0 Å². The summed E-state index contributed by atoms with van der Waals surface area (Å²) in [5.74, 6) is 0. The van der Waals surface area contributed by atoms with Gasteiger partial charge in [0.15, 0.2) is 0 Å². The van der Waals surface area contributed by atoms with E-state index < -0.39 is 5.67 Å². The van der Waals surface area contributed by atoms with Crippen LogP contribution >= 0.6 is 0 Å². The van der Waals surface area contributed by atoms with Gasteiger partial charge >= 0.3 is 0 Å². The van der Waals surface area contributed by atoms with Crippen molar-refractivity contribution in [2.45, 2.75) is 31.9 Å². The molecule has 1 aromatic carbocycles. The van der Waals surface area contributed by atoms with E-state index in [2.05, 4.69) is 12.1 Å². The lowest BCUT2D eigenvalue weighted by Gasteiger charge is -2.23. The van der Waals surface area contributed by atoms with E-state index in [0.717, 1.165) is 17.6 Å². The molecule has 0 aromatic heterocycles. The van der Waals surface area contributed by atoms with Crippen LogP contribution in [0.1, 0.15) is 31.7 Å². The molecule has 0 bridgehead atoms. The molecule has 1 aromatic rings. The first kappa shape index (κ1) is 11.1. The minimum Gasteiger partial charge on any atom is -0.239 e. The summed E-state index contributed by atoms with van der Waals surface area (Å²) in [5.41, 5.74) is 1.18. The van der Waals surface area contributed by atoms with E-state index in [1.54, 1.807) is 6.08 Å². The largest absolute Gasteiger partial charge is 0.239 e. The second-order valence-electron chi connectivity index (χ2n) is 4.35. The smallest absolute Gasteiger partial charge is 0.132 e. The monoisotopic (exact) mass is 216 g/mol. The van der Waals surface area contributed by atoms with Gasteiger partial charge in [0.1, 0.15) is 5.67 Å². The maximum atomic E-state index is 14.1. The molecule has 1 aliphatic carbocycles. The van der Waals surface area contributed by atoms with Crippen LogP contribution < -0.4 is 0 Å². The van der Waals surface area contributed by atoms with Crippen molar-refractivity contribution in [1.29, 1.82) is 0 Å². The minimum atomic E-state index is -1.12. The minimum absolute atomic E-state index is 0.502. The van der Waals surface area contributed by atoms with E-state index in [0.29, 0.717) is 12.8 Å². The fourth-order valence-electron chi connectivity index (χ4n) is 2.10. The molecule has 0 amide bonds. The molecule has 1 unspecified atom stereocenters. The summed E-state index contributed by atoms with van der Waals surface area (Å²) < 4.78 is 14.1. The lowest BCUT2D eigenvalue weighted by Crippen LogP contribution is -2.20. The maximum Gasteiger partial charge on any atom is 0.132 e.